The van der Waals surface area contributed by atoms with Gasteiger partial charge in [0.15, 0.2) is 0 Å². The first-order valence-electron chi connectivity index (χ1n) is 5.79. The summed E-state index contributed by atoms with van der Waals surface area (Å²) >= 11 is 3.40. The highest BCUT2D eigenvalue weighted by atomic mass is 79.9. The van der Waals surface area contributed by atoms with E-state index < -0.39 is 5.97 Å². The van der Waals surface area contributed by atoms with Gasteiger partial charge in [-0.15, -0.1) is 0 Å². The minimum atomic E-state index is -0.921. The lowest BCUT2D eigenvalue weighted by Gasteiger charge is -2.06. The maximum atomic E-state index is 11.7. The molecule has 0 aliphatic rings. The number of nitrogens with one attached hydrogen (secondary N) is 1. The van der Waals surface area contributed by atoms with E-state index in [-0.39, 0.29) is 25.4 Å². The van der Waals surface area contributed by atoms with Gasteiger partial charge in [-0.3, -0.25) is 9.59 Å². The molecule has 1 amide bonds. The predicted octanol–water partition coefficient (Wildman–Crippen LogP) is 1.99. The van der Waals surface area contributed by atoms with Crippen LogP contribution in [0.4, 0.5) is 0 Å². The monoisotopic (exact) mass is 324 g/mol. The van der Waals surface area contributed by atoms with E-state index in [4.69, 9.17) is 5.11 Å². The number of carbonyl (C=O) groups excluding carboxylic acids is 1. The molecule has 0 fully saturated rings. The maximum Gasteiger partial charge on any atom is 0.305 e. The summed E-state index contributed by atoms with van der Waals surface area (Å²) in [7, 11) is 0. The van der Waals surface area contributed by atoms with Gasteiger partial charge in [-0.05, 0) is 23.6 Å². The van der Waals surface area contributed by atoms with Gasteiger partial charge in [-0.2, -0.15) is 0 Å². The van der Waals surface area contributed by atoms with Gasteiger partial charge in [0.2, 0.25) is 5.91 Å². The van der Waals surface area contributed by atoms with E-state index in [1.807, 2.05) is 35.0 Å². The first kappa shape index (κ1) is 13.6. The Bertz CT molecular complexity index is 621. The summed E-state index contributed by atoms with van der Waals surface area (Å²) in [4.78, 5) is 22.0. The van der Waals surface area contributed by atoms with Gasteiger partial charge in [-0.1, -0.05) is 22.0 Å². The molecule has 1 aromatic carbocycles. The van der Waals surface area contributed by atoms with Crippen molar-refractivity contribution in [1.29, 1.82) is 0 Å². The molecule has 0 aliphatic heterocycles. The lowest BCUT2D eigenvalue weighted by atomic mass is 10.2. The highest BCUT2D eigenvalue weighted by Crippen LogP contribution is 2.20. The minimum absolute atomic E-state index is 0.0658. The van der Waals surface area contributed by atoms with Gasteiger partial charge in [0.1, 0.15) is 6.54 Å². The molecule has 2 rings (SSSR count). The standard InChI is InChI=1S/C13H13BrN2O3/c14-10-2-1-9-4-6-16(11(9)7-10)8-12(17)15-5-3-13(18)19/h1-2,4,6-7H,3,5,8H2,(H,15,17)(H,18,19). The van der Waals surface area contributed by atoms with E-state index in [0.29, 0.717) is 0 Å². The first-order chi connectivity index (χ1) is 9.06. The van der Waals surface area contributed by atoms with Gasteiger partial charge in [0.25, 0.3) is 0 Å². The number of carboxylic acids is 1. The van der Waals surface area contributed by atoms with Crippen molar-refractivity contribution in [3.05, 3.63) is 34.9 Å². The van der Waals surface area contributed by atoms with Crippen LogP contribution in [0.5, 0.6) is 0 Å². The van der Waals surface area contributed by atoms with Crippen LogP contribution in [0.15, 0.2) is 34.9 Å². The molecule has 1 heterocycles. The second-order valence-electron chi connectivity index (χ2n) is 4.14. The molecule has 0 unspecified atom stereocenters. The SMILES string of the molecule is O=C(O)CCNC(=O)Cn1ccc2ccc(Br)cc21. The van der Waals surface area contributed by atoms with Crippen molar-refractivity contribution in [2.45, 2.75) is 13.0 Å². The molecule has 0 radical (unpaired) electrons. The summed E-state index contributed by atoms with van der Waals surface area (Å²) in [6.07, 6.45) is 1.78. The number of rotatable bonds is 5. The number of nitrogens with zero attached hydrogens (tertiary/aromatic N) is 1. The Morgan fingerprint density at radius 2 is 2.11 bits per heavy atom. The van der Waals surface area contributed by atoms with E-state index in [9.17, 15) is 9.59 Å². The molecule has 1 aromatic heterocycles. The number of fused-ring (bicyclic) bond motifs is 1. The van der Waals surface area contributed by atoms with Crippen LogP contribution >= 0.6 is 15.9 Å². The van der Waals surface area contributed by atoms with Crippen molar-refractivity contribution in [3.8, 4) is 0 Å². The fraction of sp³-hybridized carbons (Fsp3) is 0.231. The van der Waals surface area contributed by atoms with Crippen molar-refractivity contribution < 1.29 is 14.7 Å². The Morgan fingerprint density at radius 1 is 1.32 bits per heavy atom. The molecule has 0 saturated carbocycles. The smallest absolute Gasteiger partial charge is 0.305 e. The number of carbonyl (C=O) groups is 2. The number of benzene rings is 1. The molecule has 5 nitrogen and oxygen atoms in total. The zero-order valence-electron chi connectivity index (χ0n) is 10.1. The Labute approximate surface area is 118 Å². The summed E-state index contributed by atoms with van der Waals surface area (Å²) in [5.74, 6) is -1.12. The topological polar surface area (TPSA) is 71.3 Å². The lowest BCUT2D eigenvalue weighted by molar-refractivity contribution is -0.136. The molecule has 0 spiro atoms. The molecule has 19 heavy (non-hydrogen) atoms. The molecule has 6 heteroatoms. The first-order valence-corrected chi connectivity index (χ1v) is 6.58. The fourth-order valence-electron chi connectivity index (χ4n) is 1.81. The molecular weight excluding hydrogens is 312 g/mol. The predicted molar refractivity (Wildman–Crippen MR) is 74.9 cm³/mol. The van der Waals surface area contributed by atoms with Crippen molar-refractivity contribution in [2.24, 2.45) is 0 Å². The third-order valence-corrected chi connectivity index (χ3v) is 3.20. The van der Waals surface area contributed by atoms with Crippen LogP contribution in [0.2, 0.25) is 0 Å². The summed E-state index contributed by atoms with van der Waals surface area (Å²) < 4.78 is 2.78. The molecule has 2 N–H and O–H groups in total. The zero-order chi connectivity index (χ0) is 13.8. The molecule has 0 bridgehead atoms. The number of aromatic nitrogens is 1. The normalized spacial score (nSPS) is 10.6. The Balaban J connectivity index is 2.02. The molecule has 0 aliphatic carbocycles. The van der Waals surface area contributed by atoms with Crippen LogP contribution in [0.3, 0.4) is 0 Å². The number of halogens is 1. The van der Waals surface area contributed by atoms with Crippen LogP contribution in [-0.2, 0) is 16.1 Å². The van der Waals surface area contributed by atoms with Crippen LogP contribution in [0, 0.1) is 0 Å². The number of carboxylic acid groups (broad SMARTS) is 1. The Hall–Kier alpha value is -1.82. The van der Waals surface area contributed by atoms with Crippen LogP contribution < -0.4 is 5.32 Å². The highest BCUT2D eigenvalue weighted by molar-refractivity contribution is 9.10. The zero-order valence-corrected chi connectivity index (χ0v) is 11.7. The van der Waals surface area contributed by atoms with Gasteiger partial charge in [0.05, 0.1) is 6.42 Å². The highest BCUT2D eigenvalue weighted by Gasteiger charge is 2.07. The number of hydrogen-bond donors (Lipinski definition) is 2. The van der Waals surface area contributed by atoms with Gasteiger partial charge >= 0.3 is 5.97 Å². The van der Waals surface area contributed by atoms with Crippen molar-refractivity contribution in [1.82, 2.24) is 9.88 Å². The second-order valence-corrected chi connectivity index (χ2v) is 5.06. The summed E-state index contributed by atoms with van der Waals surface area (Å²) in [6.45, 7) is 0.330. The lowest BCUT2D eigenvalue weighted by Crippen LogP contribution is -2.29. The molecule has 0 saturated heterocycles. The average Bonchev–Trinajstić information content (AvgIpc) is 2.71. The van der Waals surface area contributed by atoms with E-state index in [1.54, 1.807) is 0 Å². The van der Waals surface area contributed by atoms with E-state index >= 15 is 0 Å². The fourth-order valence-corrected chi connectivity index (χ4v) is 2.16. The van der Waals surface area contributed by atoms with Crippen molar-refractivity contribution in [2.75, 3.05) is 6.54 Å². The van der Waals surface area contributed by atoms with Gasteiger partial charge in [-0.25, -0.2) is 0 Å². The number of hydrogen-bond acceptors (Lipinski definition) is 2. The third-order valence-electron chi connectivity index (χ3n) is 2.71. The van der Waals surface area contributed by atoms with E-state index in [1.165, 1.54) is 0 Å². The molecular formula is C13H13BrN2O3. The Morgan fingerprint density at radius 3 is 2.84 bits per heavy atom. The molecule has 2 aromatic rings. The molecule has 0 atom stereocenters. The number of amides is 1. The van der Waals surface area contributed by atoms with Crippen LogP contribution in [0.25, 0.3) is 10.9 Å². The Kier molecular flexibility index (Phi) is 4.21. The quantitative estimate of drug-likeness (QED) is 0.883. The average molecular weight is 325 g/mol. The van der Waals surface area contributed by atoms with Crippen LogP contribution in [0.1, 0.15) is 6.42 Å². The van der Waals surface area contributed by atoms with Crippen LogP contribution in [-0.4, -0.2) is 28.1 Å². The summed E-state index contributed by atoms with van der Waals surface area (Å²) in [6, 6.07) is 7.80. The molecule has 100 valence electrons. The second kappa shape index (κ2) is 5.88. The minimum Gasteiger partial charge on any atom is -0.481 e. The van der Waals surface area contributed by atoms with E-state index in [0.717, 1.165) is 15.4 Å². The van der Waals surface area contributed by atoms with Crippen molar-refractivity contribution >= 4 is 38.7 Å². The largest absolute Gasteiger partial charge is 0.481 e. The van der Waals surface area contributed by atoms with Gasteiger partial charge < -0.3 is 15.0 Å². The summed E-state index contributed by atoms with van der Waals surface area (Å²) in [5.41, 5.74) is 0.961. The van der Waals surface area contributed by atoms with Gasteiger partial charge in [0, 0.05) is 22.7 Å². The van der Waals surface area contributed by atoms with Crippen molar-refractivity contribution in [3.63, 3.8) is 0 Å². The third kappa shape index (κ3) is 3.57. The maximum absolute atomic E-state index is 11.7. The number of aliphatic carboxylic acids is 1. The van der Waals surface area contributed by atoms with E-state index in [2.05, 4.69) is 21.2 Å². The summed E-state index contributed by atoms with van der Waals surface area (Å²) in [5, 5.41) is 12.1.